The van der Waals surface area contributed by atoms with Crippen molar-refractivity contribution in [3.8, 4) is 0 Å². The highest BCUT2D eigenvalue weighted by molar-refractivity contribution is 5.85. The Morgan fingerprint density at radius 3 is 2.00 bits per heavy atom. The number of hydrazine groups is 1. The summed E-state index contributed by atoms with van der Waals surface area (Å²) in [5, 5.41) is 1.27. The van der Waals surface area contributed by atoms with E-state index in [0.29, 0.717) is 18.7 Å². The smallest absolute Gasteiger partial charge is 0.424 e. The lowest BCUT2D eigenvalue weighted by Gasteiger charge is -2.38. The first kappa shape index (κ1) is 34.8. The van der Waals surface area contributed by atoms with Crippen LogP contribution in [-0.2, 0) is 21.6 Å². The van der Waals surface area contributed by atoms with Gasteiger partial charge in [0, 0.05) is 12.0 Å². The van der Waals surface area contributed by atoms with Crippen LogP contribution in [0.2, 0.25) is 0 Å². The summed E-state index contributed by atoms with van der Waals surface area (Å²) in [4.78, 5) is 27.3. The lowest BCUT2D eigenvalue weighted by atomic mass is 9.71. The van der Waals surface area contributed by atoms with E-state index in [1.807, 2.05) is 78.9 Å². The van der Waals surface area contributed by atoms with Gasteiger partial charge in [-0.2, -0.15) is 0 Å². The van der Waals surface area contributed by atoms with Gasteiger partial charge in [0.05, 0.1) is 6.54 Å². The van der Waals surface area contributed by atoms with Crippen molar-refractivity contribution in [3.05, 3.63) is 143 Å². The van der Waals surface area contributed by atoms with Crippen LogP contribution in [0, 0.1) is 5.82 Å². The van der Waals surface area contributed by atoms with Gasteiger partial charge in [-0.1, -0.05) is 103 Å². The third-order valence-corrected chi connectivity index (χ3v) is 8.91. The maximum Gasteiger partial charge on any atom is 0.424 e. The Morgan fingerprint density at radius 1 is 0.870 bits per heavy atom. The van der Waals surface area contributed by atoms with Gasteiger partial charge in [0.2, 0.25) is 0 Å². The van der Waals surface area contributed by atoms with Gasteiger partial charge in [0.15, 0.2) is 0 Å². The highest BCUT2D eigenvalue weighted by Crippen LogP contribution is 2.37. The molecule has 1 aliphatic heterocycles. The van der Waals surface area contributed by atoms with Crippen LogP contribution < -0.4 is 5.43 Å². The molecule has 0 aliphatic carbocycles. The van der Waals surface area contributed by atoms with Gasteiger partial charge in [0.1, 0.15) is 18.7 Å². The maximum absolute atomic E-state index is 13.4. The van der Waals surface area contributed by atoms with Crippen LogP contribution in [0.25, 0.3) is 0 Å². The van der Waals surface area contributed by atoms with Crippen molar-refractivity contribution in [3.63, 3.8) is 0 Å². The molecule has 242 valence electrons. The molecule has 0 radical (unpaired) electrons. The van der Waals surface area contributed by atoms with E-state index in [2.05, 4.69) is 34.6 Å². The normalized spacial score (nSPS) is 13.8. The Hall–Kier alpha value is -4.04. The van der Waals surface area contributed by atoms with Gasteiger partial charge in [0.25, 0.3) is 0 Å². The molecule has 1 heterocycles. The minimum absolute atomic E-state index is 0. The number of benzene rings is 4. The molecule has 0 spiro atoms. The molecule has 46 heavy (non-hydrogen) atoms. The lowest BCUT2D eigenvalue weighted by molar-refractivity contribution is -0.109. The fourth-order valence-electron chi connectivity index (χ4n) is 6.40. The number of halogens is 2. The molecule has 1 amide bonds. The second-order valence-corrected chi connectivity index (χ2v) is 11.7. The number of carbonyl (C=O) groups is 2. The minimum atomic E-state index is -0.593. The van der Waals surface area contributed by atoms with E-state index in [1.165, 1.54) is 10.6 Å². The molecule has 0 bridgehead atoms. The molecule has 4 aromatic rings. The summed E-state index contributed by atoms with van der Waals surface area (Å²) in [6.07, 6.45) is 4.01. The number of nitrogens with one attached hydrogen (secondary N) is 1. The van der Waals surface area contributed by atoms with Crippen molar-refractivity contribution in [2.45, 2.75) is 43.6 Å². The number of ether oxygens (including phenoxy) is 1. The number of rotatable bonds is 14. The van der Waals surface area contributed by atoms with Crippen molar-refractivity contribution < 1.29 is 18.7 Å². The molecule has 5 rings (SSSR count). The Morgan fingerprint density at radius 2 is 1.43 bits per heavy atom. The first-order valence-electron chi connectivity index (χ1n) is 15.8. The van der Waals surface area contributed by atoms with Gasteiger partial charge >= 0.3 is 6.09 Å². The Kier molecular flexibility index (Phi) is 13.3. The monoisotopic (exact) mass is 643 g/mol. The molecule has 0 unspecified atom stereocenters. The molecule has 1 N–H and O–H groups in total. The molecule has 6 nitrogen and oxygen atoms in total. The fraction of sp³-hybridized carbons (Fsp3) is 0.316. The van der Waals surface area contributed by atoms with Crippen LogP contribution in [-0.4, -0.2) is 55.0 Å². The highest BCUT2D eigenvalue weighted by atomic mass is 35.5. The quantitative estimate of drug-likeness (QED) is 0.114. The van der Waals surface area contributed by atoms with Crippen molar-refractivity contribution in [1.82, 2.24) is 15.3 Å². The third kappa shape index (κ3) is 9.25. The number of likely N-dealkylation sites (tertiary alicyclic amines) is 1. The molecular formula is C38H43ClFN3O3. The zero-order valence-electron chi connectivity index (χ0n) is 26.1. The van der Waals surface area contributed by atoms with E-state index in [-0.39, 0.29) is 31.4 Å². The number of carbonyl (C=O) groups excluding carboxylic acids is 2. The first-order chi connectivity index (χ1) is 22.1. The summed E-state index contributed by atoms with van der Waals surface area (Å²) in [6.45, 7) is 3.36. The molecule has 4 aromatic carbocycles. The summed E-state index contributed by atoms with van der Waals surface area (Å²) >= 11 is 0. The van der Waals surface area contributed by atoms with E-state index in [1.54, 1.807) is 12.1 Å². The van der Waals surface area contributed by atoms with Crippen LogP contribution in [0.3, 0.4) is 0 Å². The SMILES string of the molecule is Cl.O=CCN(NCC(CCCN1CCC(c2ccc(F)cc2)CC1)(c1ccccc1)c1ccccc1)C(=O)OCc1ccccc1. The van der Waals surface area contributed by atoms with Gasteiger partial charge in [-0.05, 0) is 85.6 Å². The Bertz CT molecular complexity index is 1430. The van der Waals surface area contributed by atoms with Gasteiger partial charge in [-0.3, -0.25) is 0 Å². The van der Waals surface area contributed by atoms with E-state index < -0.39 is 11.5 Å². The molecule has 8 heteroatoms. The number of nitrogens with zero attached hydrogens (tertiary/aromatic N) is 2. The summed E-state index contributed by atoms with van der Waals surface area (Å²) in [6, 6.07) is 37.2. The lowest BCUT2D eigenvalue weighted by Crippen LogP contribution is -2.51. The highest BCUT2D eigenvalue weighted by Gasteiger charge is 2.35. The standard InChI is InChI=1S/C38H42FN3O3.ClH/c39-36-19-17-32(18-20-36)33-21-25-41(26-22-33)24-10-23-38(34-13-6-2-7-14-34,35-15-8-3-9-16-35)30-40-42(27-28-43)37(44)45-29-31-11-4-1-5-12-31;/h1-9,11-20,28,33,40H,10,21-27,29-30H2;1H. The predicted octanol–water partition coefficient (Wildman–Crippen LogP) is 7.54. The van der Waals surface area contributed by atoms with E-state index >= 15 is 0 Å². The van der Waals surface area contributed by atoms with Gasteiger partial charge in [-0.15, -0.1) is 12.4 Å². The zero-order valence-corrected chi connectivity index (χ0v) is 26.9. The number of amides is 1. The molecule has 0 atom stereocenters. The van der Waals surface area contributed by atoms with Crippen LogP contribution in [0.4, 0.5) is 9.18 Å². The van der Waals surface area contributed by atoms with E-state index in [4.69, 9.17) is 4.74 Å². The Labute approximate surface area is 278 Å². The summed E-state index contributed by atoms with van der Waals surface area (Å²) in [5.41, 5.74) is 7.21. The summed E-state index contributed by atoms with van der Waals surface area (Å²) in [5.74, 6) is 0.272. The van der Waals surface area contributed by atoms with Crippen molar-refractivity contribution in [2.24, 2.45) is 0 Å². The number of hydrogen-bond acceptors (Lipinski definition) is 5. The predicted molar refractivity (Wildman–Crippen MR) is 182 cm³/mol. The average molecular weight is 644 g/mol. The van der Waals surface area contributed by atoms with Crippen molar-refractivity contribution in [2.75, 3.05) is 32.7 Å². The number of aldehydes is 1. The van der Waals surface area contributed by atoms with E-state index in [9.17, 15) is 14.0 Å². The maximum atomic E-state index is 13.4. The number of hydrogen-bond donors (Lipinski definition) is 1. The van der Waals surface area contributed by atoms with Crippen LogP contribution in [0.15, 0.2) is 115 Å². The summed E-state index contributed by atoms with van der Waals surface area (Å²) < 4.78 is 19.0. The molecule has 0 aromatic heterocycles. The topological polar surface area (TPSA) is 61.9 Å². The van der Waals surface area contributed by atoms with Gasteiger partial charge < -0.3 is 14.4 Å². The molecule has 0 saturated carbocycles. The summed E-state index contributed by atoms with van der Waals surface area (Å²) in [7, 11) is 0. The average Bonchev–Trinajstić information content (AvgIpc) is 3.10. The molecule has 1 fully saturated rings. The second kappa shape index (κ2) is 17.6. The Balaban J connectivity index is 0.00000480. The third-order valence-electron chi connectivity index (χ3n) is 8.91. The zero-order chi connectivity index (χ0) is 31.3. The van der Waals surface area contributed by atoms with Gasteiger partial charge in [-0.25, -0.2) is 19.6 Å². The molecular weight excluding hydrogens is 601 g/mol. The van der Waals surface area contributed by atoms with Crippen LogP contribution in [0.5, 0.6) is 0 Å². The van der Waals surface area contributed by atoms with Crippen LogP contribution >= 0.6 is 12.4 Å². The van der Waals surface area contributed by atoms with E-state index in [0.717, 1.165) is 62.0 Å². The largest absolute Gasteiger partial charge is 0.444 e. The fourth-order valence-corrected chi connectivity index (χ4v) is 6.40. The van der Waals surface area contributed by atoms with Crippen molar-refractivity contribution >= 4 is 24.8 Å². The van der Waals surface area contributed by atoms with Crippen molar-refractivity contribution in [1.29, 1.82) is 0 Å². The second-order valence-electron chi connectivity index (χ2n) is 11.7. The molecule has 1 aliphatic rings. The van der Waals surface area contributed by atoms with Crippen LogP contribution in [0.1, 0.15) is 53.9 Å². The first-order valence-corrected chi connectivity index (χ1v) is 15.8. The minimum Gasteiger partial charge on any atom is -0.444 e. The number of piperidine rings is 1. The molecule has 1 saturated heterocycles.